The molecule has 0 radical (unpaired) electrons. The van der Waals surface area contributed by atoms with Gasteiger partial charge in [0.1, 0.15) is 0 Å². The Morgan fingerprint density at radius 1 is 1.12 bits per heavy atom. The Bertz CT molecular complexity index is 233. The molecule has 2 aliphatic rings. The van der Waals surface area contributed by atoms with Crippen LogP contribution in [0.15, 0.2) is 0 Å². The summed E-state index contributed by atoms with van der Waals surface area (Å²) < 4.78 is 5.23. The van der Waals surface area contributed by atoms with E-state index in [1.165, 1.54) is 0 Å². The topological polar surface area (TPSA) is 53.0 Å². The third-order valence-electron chi connectivity index (χ3n) is 3.42. The fourth-order valence-electron chi connectivity index (χ4n) is 2.26. The molecule has 2 amide bonds. The lowest BCUT2D eigenvalue weighted by Gasteiger charge is -2.36. The monoisotopic (exact) mass is 228 g/mol. The first-order chi connectivity index (χ1) is 7.81. The summed E-state index contributed by atoms with van der Waals surface area (Å²) in [5.74, 6) is 0.383. The normalized spacial score (nSPS) is 23.6. The standard InChI is InChI=1S/C11H20N2O3/c14-9-10-1-3-12(4-2-10)11(15)13-5-7-16-8-6-13/h10,14H,1-9H2. The molecule has 2 rings (SSSR count). The second-order valence-corrected chi connectivity index (χ2v) is 4.49. The van der Waals surface area contributed by atoms with E-state index in [1.54, 1.807) is 0 Å². The summed E-state index contributed by atoms with van der Waals surface area (Å²) in [7, 11) is 0. The summed E-state index contributed by atoms with van der Waals surface area (Å²) in [4.78, 5) is 15.8. The van der Waals surface area contributed by atoms with E-state index in [1.807, 2.05) is 9.80 Å². The molecule has 2 saturated heterocycles. The summed E-state index contributed by atoms with van der Waals surface area (Å²) in [6.07, 6.45) is 1.85. The van der Waals surface area contributed by atoms with E-state index in [9.17, 15) is 4.79 Å². The highest BCUT2D eigenvalue weighted by molar-refractivity contribution is 5.74. The third kappa shape index (κ3) is 2.65. The lowest BCUT2D eigenvalue weighted by molar-refractivity contribution is 0.0385. The number of hydrogen-bond donors (Lipinski definition) is 1. The second-order valence-electron chi connectivity index (χ2n) is 4.49. The molecule has 0 saturated carbocycles. The Morgan fingerprint density at radius 2 is 1.69 bits per heavy atom. The number of morpholine rings is 1. The molecule has 0 aromatic carbocycles. The molecule has 2 fully saturated rings. The third-order valence-corrected chi connectivity index (χ3v) is 3.42. The van der Waals surface area contributed by atoms with Crippen molar-refractivity contribution in [1.29, 1.82) is 0 Å². The van der Waals surface area contributed by atoms with E-state index in [0.29, 0.717) is 32.2 Å². The number of aliphatic hydroxyl groups excluding tert-OH is 1. The van der Waals surface area contributed by atoms with E-state index in [4.69, 9.17) is 9.84 Å². The number of urea groups is 1. The number of amides is 2. The smallest absolute Gasteiger partial charge is 0.320 e. The van der Waals surface area contributed by atoms with Crippen LogP contribution >= 0.6 is 0 Å². The Balaban J connectivity index is 1.81. The van der Waals surface area contributed by atoms with Crippen molar-refractivity contribution in [3.63, 3.8) is 0 Å². The first-order valence-electron chi connectivity index (χ1n) is 6.03. The van der Waals surface area contributed by atoms with Crippen LogP contribution in [0.3, 0.4) is 0 Å². The molecule has 2 aliphatic heterocycles. The van der Waals surface area contributed by atoms with Crippen LogP contribution in [0, 0.1) is 5.92 Å². The van der Waals surface area contributed by atoms with Crippen LogP contribution in [-0.2, 0) is 4.74 Å². The number of rotatable bonds is 1. The van der Waals surface area contributed by atoms with Crippen molar-refractivity contribution in [3.05, 3.63) is 0 Å². The van der Waals surface area contributed by atoms with Gasteiger partial charge in [-0.1, -0.05) is 0 Å². The maximum atomic E-state index is 12.1. The molecule has 0 bridgehead atoms. The molecule has 5 heteroatoms. The van der Waals surface area contributed by atoms with Crippen molar-refractivity contribution >= 4 is 6.03 Å². The second kappa shape index (κ2) is 5.50. The summed E-state index contributed by atoms with van der Waals surface area (Å²) in [6.45, 7) is 4.53. The quantitative estimate of drug-likeness (QED) is 0.694. The lowest BCUT2D eigenvalue weighted by Crippen LogP contribution is -2.50. The Labute approximate surface area is 96.0 Å². The number of nitrogens with zero attached hydrogens (tertiary/aromatic N) is 2. The average molecular weight is 228 g/mol. The van der Waals surface area contributed by atoms with Gasteiger partial charge >= 0.3 is 6.03 Å². The van der Waals surface area contributed by atoms with E-state index < -0.39 is 0 Å². The molecule has 0 aromatic rings. The zero-order valence-electron chi connectivity index (χ0n) is 9.60. The largest absolute Gasteiger partial charge is 0.396 e. The van der Waals surface area contributed by atoms with E-state index in [0.717, 1.165) is 25.9 Å². The molecular formula is C11H20N2O3. The van der Waals surface area contributed by atoms with Crippen LogP contribution in [-0.4, -0.2) is 66.9 Å². The van der Waals surface area contributed by atoms with Gasteiger partial charge in [-0.05, 0) is 18.8 Å². The van der Waals surface area contributed by atoms with Crippen LogP contribution in [0.25, 0.3) is 0 Å². The van der Waals surface area contributed by atoms with Crippen molar-refractivity contribution in [3.8, 4) is 0 Å². The van der Waals surface area contributed by atoms with Crippen molar-refractivity contribution < 1.29 is 14.6 Å². The van der Waals surface area contributed by atoms with Crippen LogP contribution in [0.2, 0.25) is 0 Å². The highest BCUT2D eigenvalue weighted by Crippen LogP contribution is 2.17. The number of carbonyl (C=O) groups excluding carboxylic acids is 1. The molecule has 0 spiro atoms. The summed E-state index contributed by atoms with van der Waals surface area (Å²) >= 11 is 0. The first-order valence-corrected chi connectivity index (χ1v) is 6.03. The van der Waals surface area contributed by atoms with Gasteiger partial charge < -0.3 is 19.6 Å². The Morgan fingerprint density at radius 3 is 2.25 bits per heavy atom. The molecule has 0 aromatic heterocycles. The van der Waals surface area contributed by atoms with Crippen LogP contribution in [0.1, 0.15) is 12.8 Å². The van der Waals surface area contributed by atoms with Gasteiger partial charge in [-0.3, -0.25) is 0 Å². The number of aliphatic hydroxyl groups is 1. The van der Waals surface area contributed by atoms with Gasteiger partial charge in [0.2, 0.25) is 0 Å². The zero-order valence-corrected chi connectivity index (χ0v) is 9.60. The van der Waals surface area contributed by atoms with Crippen molar-refractivity contribution in [2.75, 3.05) is 46.0 Å². The maximum absolute atomic E-state index is 12.1. The van der Waals surface area contributed by atoms with Crippen molar-refractivity contribution in [2.45, 2.75) is 12.8 Å². The number of hydrogen-bond acceptors (Lipinski definition) is 3. The minimum Gasteiger partial charge on any atom is -0.396 e. The lowest BCUT2D eigenvalue weighted by atomic mass is 9.98. The summed E-state index contributed by atoms with van der Waals surface area (Å²) in [5.41, 5.74) is 0. The molecule has 16 heavy (non-hydrogen) atoms. The predicted molar refractivity (Wildman–Crippen MR) is 59.2 cm³/mol. The van der Waals surface area contributed by atoms with Crippen LogP contribution < -0.4 is 0 Å². The highest BCUT2D eigenvalue weighted by atomic mass is 16.5. The molecule has 92 valence electrons. The van der Waals surface area contributed by atoms with Crippen LogP contribution in [0.4, 0.5) is 4.79 Å². The number of piperidine rings is 1. The summed E-state index contributed by atoms with van der Waals surface area (Å²) in [6, 6.07) is 0.139. The molecular weight excluding hydrogens is 208 g/mol. The molecule has 1 N–H and O–H groups in total. The maximum Gasteiger partial charge on any atom is 0.320 e. The van der Waals surface area contributed by atoms with E-state index >= 15 is 0 Å². The molecule has 0 unspecified atom stereocenters. The fourth-order valence-corrected chi connectivity index (χ4v) is 2.26. The van der Waals surface area contributed by atoms with Crippen molar-refractivity contribution in [1.82, 2.24) is 9.80 Å². The minimum absolute atomic E-state index is 0.139. The summed E-state index contributed by atoms with van der Waals surface area (Å²) in [5, 5.41) is 9.03. The van der Waals surface area contributed by atoms with E-state index in [2.05, 4.69) is 0 Å². The number of likely N-dealkylation sites (tertiary alicyclic amines) is 1. The van der Waals surface area contributed by atoms with Gasteiger partial charge in [-0.15, -0.1) is 0 Å². The minimum atomic E-state index is 0.139. The van der Waals surface area contributed by atoms with Gasteiger partial charge in [0.15, 0.2) is 0 Å². The van der Waals surface area contributed by atoms with Gasteiger partial charge in [0.05, 0.1) is 13.2 Å². The zero-order chi connectivity index (χ0) is 11.4. The average Bonchev–Trinajstić information content (AvgIpc) is 2.39. The van der Waals surface area contributed by atoms with E-state index in [-0.39, 0.29) is 12.6 Å². The molecule has 0 aliphatic carbocycles. The number of ether oxygens (including phenoxy) is 1. The predicted octanol–water partition coefficient (Wildman–Crippen LogP) is 0.143. The van der Waals surface area contributed by atoms with Crippen LogP contribution in [0.5, 0.6) is 0 Å². The Hall–Kier alpha value is -0.810. The van der Waals surface area contributed by atoms with Crippen molar-refractivity contribution in [2.24, 2.45) is 5.92 Å². The molecule has 0 atom stereocenters. The van der Waals surface area contributed by atoms with Gasteiger partial charge in [-0.25, -0.2) is 4.79 Å². The number of carbonyl (C=O) groups is 1. The van der Waals surface area contributed by atoms with Gasteiger partial charge in [0, 0.05) is 32.8 Å². The van der Waals surface area contributed by atoms with Gasteiger partial charge in [-0.2, -0.15) is 0 Å². The highest BCUT2D eigenvalue weighted by Gasteiger charge is 2.26. The molecule has 5 nitrogen and oxygen atoms in total. The fraction of sp³-hybridized carbons (Fsp3) is 0.909. The SMILES string of the molecule is O=C(N1CCOCC1)N1CCC(CO)CC1. The first kappa shape index (κ1) is 11.7. The molecule has 2 heterocycles. The van der Waals surface area contributed by atoms with Gasteiger partial charge in [0.25, 0.3) is 0 Å². The Kier molecular flexibility index (Phi) is 4.01.